The third-order valence-corrected chi connectivity index (χ3v) is 4.08. The predicted molar refractivity (Wildman–Crippen MR) is 66.1 cm³/mol. The summed E-state index contributed by atoms with van der Waals surface area (Å²) in [5.41, 5.74) is 1.23. The molecule has 1 aromatic rings. The summed E-state index contributed by atoms with van der Waals surface area (Å²) in [5, 5.41) is 12.8. The highest BCUT2D eigenvalue weighted by Gasteiger charge is 2.24. The molecule has 17 heavy (non-hydrogen) atoms. The van der Waals surface area contributed by atoms with Gasteiger partial charge in [0.1, 0.15) is 5.82 Å². The van der Waals surface area contributed by atoms with Gasteiger partial charge in [0.2, 0.25) is 0 Å². The molecule has 3 heterocycles. The van der Waals surface area contributed by atoms with Gasteiger partial charge in [-0.1, -0.05) is 0 Å². The average Bonchev–Trinajstić information content (AvgIpc) is 2.83. The van der Waals surface area contributed by atoms with Gasteiger partial charge in [0.25, 0.3) is 0 Å². The zero-order chi connectivity index (χ0) is 11.7. The highest BCUT2D eigenvalue weighted by Crippen LogP contribution is 2.29. The third-order valence-electron chi connectivity index (χ3n) is 4.08. The fourth-order valence-corrected chi connectivity index (χ4v) is 3.07. The number of rotatable bonds is 2. The molecule has 0 amide bonds. The second-order valence-corrected chi connectivity index (χ2v) is 5.26. The molecule has 2 aliphatic heterocycles. The summed E-state index contributed by atoms with van der Waals surface area (Å²) >= 11 is 0. The Balaban J connectivity index is 1.84. The van der Waals surface area contributed by atoms with Crippen LogP contribution in [0.2, 0.25) is 0 Å². The first-order valence-electron chi connectivity index (χ1n) is 6.77. The number of aryl methyl sites for hydroxylation is 1. The Morgan fingerprint density at radius 1 is 1.41 bits per heavy atom. The Morgan fingerprint density at radius 3 is 3.12 bits per heavy atom. The molecule has 0 radical (unpaired) electrons. The van der Waals surface area contributed by atoms with Crippen molar-refractivity contribution in [3.8, 4) is 0 Å². The van der Waals surface area contributed by atoms with E-state index in [1.807, 2.05) is 0 Å². The van der Waals surface area contributed by atoms with Crippen molar-refractivity contribution in [2.75, 3.05) is 19.7 Å². The summed E-state index contributed by atoms with van der Waals surface area (Å²) in [6.45, 7) is 2.44. The molecule has 3 rings (SSSR count). The topological polar surface area (TPSA) is 50.1 Å². The van der Waals surface area contributed by atoms with Gasteiger partial charge in [-0.25, -0.2) is 4.98 Å². The van der Waals surface area contributed by atoms with Gasteiger partial charge in [0, 0.05) is 25.1 Å². The van der Waals surface area contributed by atoms with Crippen LogP contribution in [0.4, 0.5) is 0 Å². The lowest BCUT2D eigenvalue weighted by molar-refractivity contribution is 0.206. The van der Waals surface area contributed by atoms with Crippen LogP contribution in [0.3, 0.4) is 0 Å². The standard InChI is InChI=1S/C13H21N3O/c17-9-11-4-1-5-13-15-12(8-16(11)13)10-3-2-6-14-7-10/h8,10-11,14,17H,1-7,9H2. The maximum absolute atomic E-state index is 9.40. The molecule has 4 heteroatoms. The molecule has 0 spiro atoms. The lowest BCUT2D eigenvalue weighted by atomic mass is 9.97. The first-order chi connectivity index (χ1) is 8.38. The maximum Gasteiger partial charge on any atom is 0.109 e. The van der Waals surface area contributed by atoms with Gasteiger partial charge in [-0.05, 0) is 32.2 Å². The fraction of sp³-hybridized carbons (Fsp3) is 0.769. The normalized spacial score (nSPS) is 29.0. The lowest BCUT2D eigenvalue weighted by Crippen LogP contribution is -2.28. The number of aromatic nitrogens is 2. The van der Waals surface area contributed by atoms with Crippen molar-refractivity contribution in [1.29, 1.82) is 0 Å². The second kappa shape index (κ2) is 4.78. The van der Waals surface area contributed by atoms with Crippen LogP contribution in [0.1, 0.15) is 49.2 Å². The second-order valence-electron chi connectivity index (χ2n) is 5.26. The SMILES string of the molecule is OCC1CCCc2nc(C3CCCNC3)cn21. The molecule has 1 saturated heterocycles. The minimum atomic E-state index is 0.242. The molecule has 0 saturated carbocycles. The van der Waals surface area contributed by atoms with E-state index in [0.717, 1.165) is 32.4 Å². The number of hydrogen-bond donors (Lipinski definition) is 2. The van der Waals surface area contributed by atoms with Crippen LogP contribution in [-0.4, -0.2) is 34.4 Å². The zero-order valence-electron chi connectivity index (χ0n) is 10.2. The van der Waals surface area contributed by atoms with Crippen molar-refractivity contribution in [2.45, 2.75) is 44.1 Å². The number of aliphatic hydroxyl groups is 1. The van der Waals surface area contributed by atoms with Crippen LogP contribution >= 0.6 is 0 Å². The molecular formula is C13H21N3O. The van der Waals surface area contributed by atoms with E-state index in [1.54, 1.807) is 0 Å². The van der Waals surface area contributed by atoms with E-state index in [1.165, 1.54) is 24.4 Å². The predicted octanol–water partition coefficient (Wildman–Crippen LogP) is 1.22. The number of nitrogens with zero attached hydrogens (tertiary/aromatic N) is 2. The summed E-state index contributed by atoms with van der Waals surface area (Å²) < 4.78 is 2.22. The summed E-state index contributed by atoms with van der Waals surface area (Å²) in [5.74, 6) is 1.75. The van der Waals surface area contributed by atoms with Gasteiger partial charge in [-0.3, -0.25) is 0 Å². The van der Waals surface area contributed by atoms with E-state index in [9.17, 15) is 5.11 Å². The molecule has 2 unspecified atom stereocenters. The minimum Gasteiger partial charge on any atom is -0.394 e. The van der Waals surface area contributed by atoms with Gasteiger partial charge >= 0.3 is 0 Å². The monoisotopic (exact) mass is 235 g/mol. The van der Waals surface area contributed by atoms with Gasteiger partial charge in [-0.2, -0.15) is 0 Å². The Hall–Kier alpha value is -0.870. The first kappa shape index (κ1) is 11.2. The van der Waals surface area contributed by atoms with Crippen molar-refractivity contribution in [2.24, 2.45) is 0 Å². The quantitative estimate of drug-likeness (QED) is 0.810. The minimum absolute atomic E-state index is 0.242. The highest BCUT2D eigenvalue weighted by molar-refractivity contribution is 5.14. The van der Waals surface area contributed by atoms with E-state index in [4.69, 9.17) is 4.98 Å². The summed E-state index contributed by atoms with van der Waals surface area (Å²) in [4.78, 5) is 4.78. The molecule has 2 aliphatic rings. The van der Waals surface area contributed by atoms with E-state index in [0.29, 0.717) is 5.92 Å². The molecule has 2 atom stereocenters. The number of nitrogens with one attached hydrogen (secondary N) is 1. The Bertz CT molecular complexity index is 382. The number of piperidine rings is 1. The van der Waals surface area contributed by atoms with Crippen molar-refractivity contribution >= 4 is 0 Å². The van der Waals surface area contributed by atoms with Crippen molar-refractivity contribution in [3.63, 3.8) is 0 Å². The van der Waals surface area contributed by atoms with Crippen LogP contribution in [-0.2, 0) is 6.42 Å². The van der Waals surface area contributed by atoms with Crippen molar-refractivity contribution in [3.05, 3.63) is 17.7 Å². The van der Waals surface area contributed by atoms with Gasteiger partial charge in [-0.15, -0.1) is 0 Å². The van der Waals surface area contributed by atoms with Gasteiger partial charge in [0.05, 0.1) is 18.3 Å². The Morgan fingerprint density at radius 2 is 2.35 bits per heavy atom. The summed E-state index contributed by atoms with van der Waals surface area (Å²) in [6, 6.07) is 0.261. The molecule has 0 bridgehead atoms. The first-order valence-corrected chi connectivity index (χ1v) is 6.77. The Labute approximate surface area is 102 Å². The lowest BCUT2D eigenvalue weighted by Gasteiger charge is -2.23. The molecule has 0 aromatic carbocycles. The molecule has 1 fully saturated rings. The molecule has 4 nitrogen and oxygen atoms in total. The van der Waals surface area contributed by atoms with Gasteiger partial charge < -0.3 is 15.0 Å². The smallest absolute Gasteiger partial charge is 0.109 e. The molecule has 2 N–H and O–H groups in total. The zero-order valence-corrected chi connectivity index (χ0v) is 10.2. The molecule has 1 aromatic heterocycles. The number of hydrogen-bond acceptors (Lipinski definition) is 3. The van der Waals surface area contributed by atoms with Gasteiger partial charge in [0.15, 0.2) is 0 Å². The molecule has 94 valence electrons. The van der Waals surface area contributed by atoms with E-state index in [-0.39, 0.29) is 12.6 Å². The average molecular weight is 235 g/mol. The van der Waals surface area contributed by atoms with Crippen LogP contribution < -0.4 is 5.32 Å². The highest BCUT2D eigenvalue weighted by atomic mass is 16.3. The van der Waals surface area contributed by atoms with Crippen LogP contribution in [0.15, 0.2) is 6.20 Å². The van der Waals surface area contributed by atoms with E-state index < -0.39 is 0 Å². The summed E-state index contributed by atoms with van der Waals surface area (Å²) in [7, 11) is 0. The van der Waals surface area contributed by atoms with Crippen LogP contribution in [0.5, 0.6) is 0 Å². The Kier molecular flexibility index (Phi) is 3.16. The molecular weight excluding hydrogens is 214 g/mol. The van der Waals surface area contributed by atoms with Crippen LogP contribution in [0, 0.1) is 0 Å². The third kappa shape index (κ3) is 2.11. The number of imidazole rings is 1. The maximum atomic E-state index is 9.40. The molecule has 0 aliphatic carbocycles. The van der Waals surface area contributed by atoms with Crippen molar-refractivity contribution < 1.29 is 5.11 Å². The van der Waals surface area contributed by atoms with E-state index in [2.05, 4.69) is 16.1 Å². The van der Waals surface area contributed by atoms with E-state index >= 15 is 0 Å². The fourth-order valence-electron chi connectivity index (χ4n) is 3.07. The number of fused-ring (bicyclic) bond motifs is 1. The summed E-state index contributed by atoms with van der Waals surface area (Å²) in [6.07, 6.45) is 7.99. The van der Waals surface area contributed by atoms with Crippen LogP contribution in [0.25, 0.3) is 0 Å². The number of aliphatic hydroxyl groups excluding tert-OH is 1. The largest absolute Gasteiger partial charge is 0.394 e. The van der Waals surface area contributed by atoms with Crippen molar-refractivity contribution in [1.82, 2.24) is 14.9 Å².